The highest BCUT2D eigenvalue weighted by molar-refractivity contribution is 6.07. The van der Waals surface area contributed by atoms with Crippen molar-refractivity contribution < 1.29 is 22.4 Å². The van der Waals surface area contributed by atoms with Gasteiger partial charge in [-0.2, -0.15) is 13.2 Å². The van der Waals surface area contributed by atoms with Crippen LogP contribution in [0.2, 0.25) is 0 Å². The van der Waals surface area contributed by atoms with Gasteiger partial charge < -0.3 is 15.2 Å². The van der Waals surface area contributed by atoms with Crippen LogP contribution in [0.15, 0.2) is 65.6 Å². The number of carbonyl (C=O) groups is 1. The molecule has 1 saturated carbocycles. The Bertz CT molecular complexity index is 1560. The van der Waals surface area contributed by atoms with Crippen molar-refractivity contribution in [2.24, 2.45) is 0 Å². The molecule has 0 saturated heterocycles. The smallest absolute Gasteiger partial charge is 0.338 e. The second kappa shape index (κ2) is 8.78. The van der Waals surface area contributed by atoms with Crippen molar-refractivity contribution in [1.29, 1.82) is 0 Å². The zero-order valence-electron chi connectivity index (χ0n) is 19.0. The molecule has 184 valence electrons. The van der Waals surface area contributed by atoms with Crippen molar-refractivity contribution in [3.63, 3.8) is 0 Å². The first-order chi connectivity index (χ1) is 17.1. The lowest BCUT2D eigenvalue weighted by atomic mass is 10.1. The number of anilines is 3. The van der Waals surface area contributed by atoms with Gasteiger partial charge in [-0.1, -0.05) is 18.2 Å². The summed E-state index contributed by atoms with van der Waals surface area (Å²) in [7, 11) is 0. The largest absolute Gasteiger partial charge is 0.416 e. The van der Waals surface area contributed by atoms with Gasteiger partial charge in [-0.3, -0.25) is 9.59 Å². The average Bonchev–Trinajstić information content (AvgIpc) is 3.66. The summed E-state index contributed by atoms with van der Waals surface area (Å²) < 4.78 is 55.0. The van der Waals surface area contributed by atoms with Crippen molar-refractivity contribution in [3.05, 3.63) is 93.7 Å². The fraction of sp³-hybridized carbons (Fsp3) is 0.192. The second-order valence-corrected chi connectivity index (χ2v) is 8.70. The minimum atomic E-state index is -4.83. The van der Waals surface area contributed by atoms with Crippen LogP contribution in [0.4, 0.5) is 34.8 Å². The van der Waals surface area contributed by atoms with Crippen LogP contribution in [-0.2, 0) is 6.18 Å². The molecule has 5 rings (SSSR count). The molecule has 0 spiro atoms. The van der Waals surface area contributed by atoms with Crippen LogP contribution < -0.4 is 16.2 Å². The van der Waals surface area contributed by atoms with Gasteiger partial charge in [0.25, 0.3) is 11.5 Å². The molecule has 6 nitrogen and oxygen atoms in total. The van der Waals surface area contributed by atoms with Crippen LogP contribution in [0.25, 0.3) is 10.9 Å². The maximum Gasteiger partial charge on any atom is 0.416 e. The number of halogens is 4. The third-order valence-corrected chi connectivity index (χ3v) is 5.98. The van der Waals surface area contributed by atoms with E-state index in [1.54, 1.807) is 29.0 Å². The first kappa shape index (κ1) is 23.5. The third-order valence-electron chi connectivity index (χ3n) is 5.98. The van der Waals surface area contributed by atoms with Gasteiger partial charge in [-0.15, -0.1) is 0 Å². The van der Waals surface area contributed by atoms with Gasteiger partial charge in [0.2, 0.25) is 0 Å². The summed E-state index contributed by atoms with van der Waals surface area (Å²) in [6.07, 6.45) is -1.38. The fourth-order valence-corrected chi connectivity index (χ4v) is 3.93. The number of fused-ring (bicyclic) bond motifs is 1. The molecule has 10 heteroatoms. The van der Waals surface area contributed by atoms with Crippen LogP contribution in [-0.4, -0.2) is 15.5 Å². The van der Waals surface area contributed by atoms with E-state index in [4.69, 9.17) is 0 Å². The maximum absolute atomic E-state index is 13.9. The first-order valence-electron chi connectivity index (χ1n) is 11.2. The molecule has 2 aromatic heterocycles. The number of amides is 1. The monoisotopic (exact) mass is 496 g/mol. The van der Waals surface area contributed by atoms with E-state index >= 15 is 0 Å². The number of nitrogens with one attached hydrogen (secondary N) is 2. The number of hydrogen-bond acceptors (Lipinski definition) is 4. The number of benzene rings is 2. The Kier molecular flexibility index (Phi) is 5.74. The van der Waals surface area contributed by atoms with E-state index < -0.39 is 29.0 Å². The Morgan fingerprint density at radius 2 is 1.81 bits per heavy atom. The summed E-state index contributed by atoms with van der Waals surface area (Å²) in [6, 6.07) is 12.2. The Labute approximate surface area is 202 Å². The van der Waals surface area contributed by atoms with Crippen LogP contribution >= 0.6 is 0 Å². The van der Waals surface area contributed by atoms with Crippen molar-refractivity contribution >= 4 is 34.0 Å². The lowest BCUT2D eigenvalue weighted by molar-refractivity contribution is -0.137. The van der Waals surface area contributed by atoms with Gasteiger partial charge in [0, 0.05) is 23.5 Å². The number of para-hydroxylation sites is 1. The summed E-state index contributed by atoms with van der Waals surface area (Å²) in [4.78, 5) is 30.5. The van der Waals surface area contributed by atoms with Gasteiger partial charge in [0.15, 0.2) is 5.82 Å². The summed E-state index contributed by atoms with van der Waals surface area (Å²) in [6.45, 7) is 1.86. The summed E-state index contributed by atoms with van der Waals surface area (Å²) in [5.41, 5.74) is -0.0829. The predicted octanol–water partition coefficient (Wildman–Crippen LogP) is 6.19. The third kappa shape index (κ3) is 4.66. The van der Waals surface area contributed by atoms with E-state index in [0.29, 0.717) is 29.4 Å². The minimum Gasteiger partial charge on any atom is -0.338 e. The molecular formula is C26H20F4N4O2. The van der Waals surface area contributed by atoms with E-state index in [1.165, 1.54) is 6.07 Å². The molecule has 2 N–H and O–H groups in total. The Balaban J connectivity index is 1.60. The topological polar surface area (TPSA) is 76.0 Å². The average molecular weight is 496 g/mol. The normalized spacial score (nSPS) is 13.6. The molecule has 1 aliphatic carbocycles. The number of carbonyl (C=O) groups excluding carboxylic acids is 1. The molecule has 0 bridgehead atoms. The molecule has 36 heavy (non-hydrogen) atoms. The number of rotatable bonds is 5. The molecule has 1 amide bonds. The van der Waals surface area contributed by atoms with E-state index in [0.717, 1.165) is 18.4 Å². The molecule has 1 fully saturated rings. The molecule has 0 aliphatic heterocycles. The molecule has 0 atom stereocenters. The number of aryl methyl sites for hydroxylation is 1. The Morgan fingerprint density at radius 1 is 1.06 bits per heavy atom. The highest BCUT2D eigenvalue weighted by atomic mass is 19.4. The number of hydrogen-bond donors (Lipinski definition) is 2. The van der Waals surface area contributed by atoms with Crippen molar-refractivity contribution in [2.75, 3.05) is 10.6 Å². The van der Waals surface area contributed by atoms with Gasteiger partial charge in [-0.25, -0.2) is 9.37 Å². The molecule has 0 unspecified atom stereocenters. The standard InChI is InChI=1S/C26H20F4N4O2/c1-14-4-2-3-5-20(14)31-23-22(13-19-21(32-23)8-9-34(25(19)36)18-6-7-18)33-24(35)15-10-16(26(28,29)30)12-17(27)11-15/h2-5,8-13,18H,6-7H2,1H3,(H,31,32)(H,33,35). The van der Waals surface area contributed by atoms with Gasteiger partial charge in [-0.05, 0) is 61.7 Å². The summed E-state index contributed by atoms with van der Waals surface area (Å²) in [5.74, 6) is -1.99. The Morgan fingerprint density at radius 3 is 2.50 bits per heavy atom. The van der Waals surface area contributed by atoms with Gasteiger partial charge in [0.05, 0.1) is 22.2 Å². The Hall–Kier alpha value is -4.21. The highest BCUT2D eigenvalue weighted by Crippen LogP contribution is 2.35. The van der Waals surface area contributed by atoms with Crippen molar-refractivity contribution in [1.82, 2.24) is 9.55 Å². The molecule has 1 aliphatic rings. The van der Waals surface area contributed by atoms with Crippen LogP contribution in [0.3, 0.4) is 0 Å². The van der Waals surface area contributed by atoms with Crippen molar-refractivity contribution in [2.45, 2.75) is 32.0 Å². The van der Waals surface area contributed by atoms with E-state index in [2.05, 4.69) is 15.6 Å². The van der Waals surface area contributed by atoms with Gasteiger partial charge in [0.1, 0.15) is 5.82 Å². The number of nitrogens with zero attached hydrogens (tertiary/aromatic N) is 2. The SMILES string of the molecule is Cc1ccccc1Nc1nc2ccn(C3CC3)c(=O)c2cc1NC(=O)c1cc(F)cc(C(F)(F)F)c1. The van der Waals surface area contributed by atoms with Crippen LogP contribution in [0, 0.1) is 12.7 Å². The van der Waals surface area contributed by atoms with E-state index in [9.17, 15) is 27.2 Å². The van der Waals surface area contributed by atoms with E-state index in [1.807, 2.05) is 19.1 Å². The zero-order valence-corrected chi connectivity index (χ0v) is 19.0. The minimum absolute atomic E-state index is 0.0687. The number of pyridine rings is 2. The maximum atomic E-state index is 13.9. The lowest BCUT2D eigenvalue weighted by Crippen LogP contribution is -2.20. The summed E-state index contributed by atoms with van der Waals surface area (Å²) >= 11 is 0. The zero-order chi connectivity index (χ0) is 25.6. The molecule has 4 aromatic rings. The fourth-order valence-electron chi connectivity index (χ4n) is 3.93. The number of aromatic nitrogens is 2. The quantitative estimate of drug-likeness (QED) is 0.323. The van der Waals surface area contributed by atoms with E-state index in [-0.39, 0.29) is 28.5 Å². The number of alkyl halides is 3. The lowest BCUT2D eigenvalue weighted by Gasteiger charge is -2.16. The van der Waals surface area contributed by atoms with Crippen molar-refractivity contribution in [3.8, 4) is 0 Å². The second-order valence-electron chi connectivity index (χ2n) is 8.70. The molecule has 2 aromatic carbocycles. The van der Waals surface area contributed by atoms with Crippen LogP contribution in [0.1, 0.15) is 40.4 Å². The summed E-state index contributed by atoms with van der Waals surface area (Å²) in [5, 5.41) is 5.87. The first-order valence-corrected chi connectivity index (χ1v) is 11.2. The molecular weight excluding hydrogens is 476 g/mol. The highest BCUT2D eigenvalue weighted by Gasteiger charge is 2.32. The van der Waals surface area contributed by atoms with Crippen LogP contribution in [0.5, 0.6) is 0 Å². The molecule has 0 radical (unpaired) electrons. The molecule has 2 heterocycles. The van der Waals surface area contributed by atoms with Gasteiger partial charge >= 0.3 is 6.18 Å². The predicted molar refractivity (Wildman–Crippen MR) is 128 cm³/mol.